The second-order valence-corrected chi connectivity index (χ2v) is 23.1. The van der Waals surface area contributed by atoms with E-state index in [4.69, 9.17) is 14.2 Å². The number of carbonyl (C=O) groups excluding carboxylic acids is 3. The van der Waals surface area contributed by atoms with Crippen LogP contribution in [0, 0.1) is 0 Å². The fourth-order valence-electron chi connectivity index (χ4n) is 9.69. The third-order valence-electron chi connectivity index (χ3n) is 14.9. The molecule has 0 aromatic carbocycles. The molecular formula is C77H130O6. The number of hydrogen-bond acceptors (Lipinski definition) is 6. The maximum Gasteiger partial charge on any atom is 0.306 e. The minimum absolute atomic E-state index is 0.102. The molecule has 474 valence electrons. The molecule has 0 aliphatic heterocycles. The quantitative estimate of drug-likeness (QED) is 0.0261. The molecule has 6 nitrogen and oxygen atoms in total. The van der Waals surface area contributed by atoms with Gasteiger partial charge in [0.15, 0.2) is 6.10 Å². The van der Waals surface area contributed by atoms with E-state index in [1.807, 2.05) is 0 Å². The zero-order valence-electron chi connectivity index (χ0n) is 54.4. The van der Waals surface area contributed by atoms with Crippen molar-refractivity contribution in [3.8, 4) is 0 Å². The number of allylic oxidation sites excluding steroid dienone is 20. The van der Waals surface area contributed by atoms with Crippen LogP contribution in [0.2, 0.25) is 0 Å². The molecule has 0 rings (SSSR count). The van der Waals surface area contributed by atoms with Crippen LogP contribution in [0.5, 0.6) is 0 Å². The summed E-state index contributed by atoms with van der Waals surface area (Å²) < 4.78 is 16.9. The minimum atomic E-state index is -0.813. The van der Waals surface area contributed by atoms with Crippen molar-refractivity contribution in [2.24, 2.45) is 0 Å². The van der Waals surface area contributed by atoms with Crippen molar-refractivity contribution in [1.29, 1.82) is 0 Å². The van der Waals surface area contributed by atoms with Crippen LogP contribution in [0.3, 0.4) is 0 Å². The standard InChI is InChI=1S/C77H130O6/c1-4-7-10-13-16-19-22-25-28-31-33-35-36-37-38-39-40-42-43-46-49-52-55-58-61-64-67-70-76(79)82-73-74(72-81-75(78)69-66-63-60-57-54-51-48-45-30-27-24-21-18-15-12-9-6-3)83-77(80)71-68-65-62-59-56-53-50-47-44-41-34-32-29-26-23-20-17-14-11-8-5-2/h9,12,18,21-23,25-27,30-34,44,47-48,51,57,60,74H,4-8,10-11,13-17,19-20,24,28-29,35-43,45-46,49-50,52-56,58-59,61-73H2,1-3H3/b12-9-,21-18-,25-22-,26-23-,30-27-,33-31-,34-32-,47-44-,51-48-,60-57-. The van der Waals surface area contributed by atoms with Gasteiger partial charge in [-0.2, -0.15) is 0 Å². The molecule has 0 bridgehead atoms. The first kappa shape index (κ1) is 78.8. The molecule has 0 saturated heterocycles. The van der Waals surface area contributed by atoms with Crippen LogP contribution in [-0.2, 0) is 28.6 Å². The van der Waals surface area contributed by atoms with E-state index >= 15 is 0 Å². The van der Waals surface area contributed by atoms with Gasteiger partial charge in [-0.15, -0.1) is 0 Å². The van der Waals surface area contributed by atoms with Crippen molar-refractivity contribution in [1.82, 2.24) is 0 Å². The largest absolute Gasteiger partial charge is 0.462 e. The van der Waals surface area contributed by atoms with Crippen molar-refractivity contribution >= 4 is 17.9 Å². The molecule has 1 unspecified atom stereocenters. The van der Waals surface area contributed by atoms with Gasteiger partial charge in [0.25, 0.3) is 0 Å². The van der Waals surface area contributed by atoms with E-state index in [0.717, 1.165) is 109 Å². The van der Waals surface area contributed by atoms with Crippen molar-refractivity contribution in [2.75, 3.05) is 13.2 Å². The normalized spacial score (nSPS) is 12.9. The van der Waals surface area contributed by atoms with Gasteiger partial charge in [-0.05, 0) is 128 Å². The highest BCUT2D eigenvalue weighted by atomic mass is 16.6. The molecule has 0 N–H and O–H groups in total. The summed E-state index contributed by atoms with van der Waals surface area (Å²) >= 11 is 0. The molecule has 1 atom stereocenters. The summed E-state index contributed by atoms with van der Waals surface area (Å²) in [6, 6.07) is 0. The summed E-state index contributed by atoms with van der Waals surface area (Å²) in [5.74, 6) is -0.967. The Morgan fingerprint density at radius 2 is 0.482 bits per heavy atom. The van der Waals surface area contributed by atoms with Crippen LogP contribution in [0.25, 0.3) is 0 Å². The third-order valence-corrected chi connectivity index (χ3v) is 14.9. The number of carbonyl (C=O) groups is 3. The summed E-state index contributed by atoms with van der Waals surface area (Å²) in [5.41, 5.74) is 0. The Labute approximate surface area is 513 Å². The molecule has 0 aromatic rings. The lowest BCUT2D eigenvalue weighted by atomic mass is 10.0. The van der Waals surface area contributed by atoms with E-state index in [1.165, 1.54) is 173 Å². The number of esters is 3. The maximum absolute atomic E-state index is 13.0. The number of ether oxygens (including phenoxy) is 3. The third kappa shape index (κ3) is 68.5. The molecule has 0 heterocycles. The van der Waals surface area contributed by atoms with E-state index in [0.29, 0.717) is 19.3 Å². The van der Waals surface area contributed by atoms with Gasteiger partial charge in [-0.25, -0.2) is 0 Å². The van der Waals surface area contributed by atoms with Gasteiger partial charge in [0, 0.05) is 19.3 Å². The highest BCUT2D eigenvalue weighted by Gasteiger charge is 2.19. The van der Waals surface area contributed by atoms with E-state index in [9.17, 15) is 14.4 Å². The topological polar surface area (TPSA) is 78.9 Å². The van der Waals surface area contributed by atoms with E-state index in [2.05, 4.69) is 142 Å². The number of hydrogen-bond donors (Lipinski definition) is 0. The monoisotopic (exact) mass is 1150 g/mol. The summed E-state index contributed by atoms with van der Waals surface area (Å²) in [7, 11) is 0. The highest BCUT2D eigenvalue weighted by Crippen LogP contribution is 2.16. The molecule has 0 aromatic heterocycles. The Bertz CT molecular complexity index is 1700. The van der Waals surface area contributed by atoms with Gasteiger partial charge in [0.1, 0.15) is 13.2 Å². The van der Waals surface area contributed by atoms with Crippen LogP contribution in [0.4, 0.5) is 0 Å². The van der Waals surface area contributed by atoms with Gasteiger partial charge >= 0.3 is 17.9 Å². The Morgan fingerprint density at radius 1 is 0.253 bits per heavy atom. The molecule has 0 fully saturated rings. The van der Waals surface area contributed by atoms with Gasteiger partial charge in [-0.1, -0.05) is 303 Å². The lowest BCUT2D eigenvalue weighted by Gasteiger charge is -2.18. The Morgan fingerprint density at radius 3 is 0.783 bits per heavy atom. The van der Waals surface area contributed by atoms with Gasteiger partial charge < -0.3 is 14.2 Å². The molecule has 83 heavy (non-hydrogen) atoms. The van der Waals surface area contributed by atoms with Crippen LogP contribution in [0.1, 0.15) is 329 Å². The lowest BCUT2D eigenvalue weighted by molar-refractivity contribution is -0.167. The highest BCUT2D eigenvalue weighted by molar-refractivity contribution is 5.71. The second kappa shape index (κ2) is 70.3. The zero-order chi connectivity index (χ0) is 59.9. The smallest absolute Gasteiger partial charge is 0.306 e. The fourth-order valence-corrected chi connectivity index (χ4v) is 9.69. The summed E-state index contributed by atoms with van der Waals surface area (Å²) in [4.78, 5) is 38.4. The molecule has 0 saturated carbocycles. The minimum Gasteiger partial charge on any atom is -0.462 e. The SMILES string of the molecule is CC/C=C\C/C=C\C/C=C\C/C=C\C/C=C\CCCC(=O)OCC(COC(=O)CCCCCCCCCCCCCCCCC/C=C\C/C=C\CCCCCCC)OC(=O)CCCCCCCC/C=C\C/C=C\C/C=C\CCCCCCC. The molecular weight excluding hydrogens is 1020 g/mol. The van der Waals surface area contributed by atoms with Crippen molar-refractivity contribution in [3.05, 3.63) is 122 Å². The van der Waals surface area contributed by atoms with Crippen molar-refractivity contribution < 1.29 is 28.6 Å². The van der Waals surface area contributed by atoms with Crippen LogP contribution in [0.15, 0.2) is 122 Å². The first-order valence-corrected chi connectivity index (χ1v) is 35.0. The van der Waals surface area contributed by atoms with Crippen molar-refractivity contribution in [2.45, 2.75) is 335 Å². The summed E-state index contributed by atoms with van der Waals surface area (Å²) in [6.45, 7) is 6.47. The molecule has 0 aliphatic rings. The van der Waals surface area contributed by atoms with E-state index in [1.54, 1.807) is 0 Å². The van der Waals surface area contributed by atoms with E-state index in [-0.39, 0.29) is 37.5 Å². The average Bonchev–Trinajstić information content (AvgIpc) is 3.50. The summed E-state index contributed by atoms with van der Waals surface area (Å²) in [5, 5.41) is 0. The van der Waals surface area contributed by atoms with Crippen LogP contribution < -0.4 is 0 Å². The maximum atomic E-state index is 13.0. The Balaban J connectivity index is 4.41. The van der Waals surface area contributed by atoms with Gasteiger partial charge in [0.05, 0.1) is 0 Å². The predicted molar refractivity (Wildman–Crippen MR) is 362 cm³/mol. The zero-order valence-corrected chi connectivity index (χ0v) is 54.4. The average molecular weight is 1150 g/mol. The van der Waals surface area contributed by atoms with Crippen molar-refractivity contribution in [3.63, 3.8) is 0 Å². The molecule has 0 aliphatic carbocycles. The first-order chi connectivity index (χ1) is 41.0. The van der Waals surface area contributed by atoms with Crippen LogP contribution >= 0.6 is 0 Å². The molecule has 0 radical (unpaired) electrons. The molecule has 6 heteroatoms. The molecule has 0 amide bonds. The van der Waals surface area contributed by atoms with Crippen LogP contribution in [-0.4, -0.2) is 37.2 Å². The number of unbranched alkanes of at least 4 members (excludes halogenated alkanes) is 32. The first-order valence-electron chi connectivity index (χ1n) is 35.0. The lowest BCUT2D eigenvalue weighted by Crippen LogP contribution is -2.30. The Hall–Kier alpha value is -4.19. The fraction of sp³-hybridized carbons (Fsp3) is 0.701. The summed E-state index contributed by atoms with van der Waals surface area (Å²) in [6.07, 6.45) is 98.0. The Kier molecular flexibility index (Phi) is 66.7. The second-order valence-electron chi connectivity index (χ2n) is 23.1. The predicted octanol–water partition coefficient (Wildman–Crippen LogP) is 24.3. The van der Waals surface area contributed by atoms with E-state index < -0.39 is 6.10 Å². The van der Waals surface area contributed by atoms with Gasteiger partial charge in [-0.3, -0.25) is 14.4 Å². The molecule has 0 spiro atoms. The number of rotatable bonds is 63. The van der Waals surface area contributed by atoms with Gasteiger partial charge in [0.2, 0.25) is 0 Å².